The van der Waals surface area contributed by atoms with E-state index in [1.807, 2.05) is 29.6 Å². The highest BCUT2D eigenvalue weighted by Gasteiger charge is 2.17. The second-order valence-electron chi connectivity index (χ2n) is 5.92. The van der Waals surface area contributed by atoms with E-state index in [-0.39, 0.29) is 5.91 Å². The Labute approximate surface area is 168 Å². The van der Waals surface area contributed by atoms with Crippen LogP contribution in [0.15, 0.2) is 47.8 Å². The maximum absolute atomic E-state index is 12.6. The molecule has 146 valence electrons. The van der Waals surface area contributed by atoms with Crippen molar-refractivity contribution < 1.29 is 19.0 Å². The minimum atomic E-state index is -0.236. The first kappa shape index (κ1) is 19.7. The Morgan fingerprint density at radius 3 is 2.29 bits per heavy atom. The molecule has 28 heavy (non-hydrogen) atoms. The van der Waals surface area contributed by atoms with E-state index in [4.69, 9.17) is 14.2 Å². The quantitative estimate of drug-likeness (QED) is 0.625. The van der Waals surface area contributed by atoms with Crippen molar-refractivity contribution in [1.29, 1.82) is 0 Å². The molecule has 0 saturated heterocycles. The number of nitrogens with zero attached hydrogens (tertiary/aromatic N) is 1. The number of aromatic nitrogens is 1. The van der Waals surface area contributed by atoms with E-state index < -0.39 is 0 Å². The topological polar surface area (TPSA) is 69.7 Å². The summed E-state index contributed by atoms with van der Waals surface area (Å²) in [5.74, 6) is 1.54. The Balaban J connectivity index is 1.61. The molecule has 3 rings (SSSR count). The Kier molecular flexibility index (Phi) is 6.49. The number of methoxy groups -OCH3 is 3. The molecule has 2 aromatic carbocycles. The summed E-state index contributed by atoms with van der Waals surface area (Å²) in [6.45, 7) is 0.464. The number of hydrogen-bond donors (Lipinski definition) is 1. The molecule has 0 radical (unpaired) electrons. The van der Waals surface area contributed by atoms with Crippen molar-refractivity contribution in [1.82, 2.24) is 10.3 Å². The van der Waals surface area contributed by atoms with Gasteiger partial charge in [0.15, 0.2) is 0 Å². The fourth-order valence-corrected chi connectivity index (χ4v) is 3.62. The van der Waals surface area contributed by atoms with Crippen LogP contribution >= 0.6 is 11.3 Å². The fourth-order valence-electron chi connectivity index (χ4n) is 2.76. The van der Waals surface area contributed by atoms with Crippen molar-refractivity contribution in [2.24, 2.45) is 0 Å². The normalized spacial score (nSPS) is 10.4. The van der Waals surface area contributed by atoms with Gasteiger partial charge in [-0.1, -0.05) is 6.07 Å². The summed E-state index contributed by atoms with van der Waals surface area (Å²) < 4.78 is 15.7. The number of benzene rings is 2. The van der Waals surface area contributed by atoms with Gasteiger partial charge in [0.2, 0.25) is 0 Å². The molecule has 0 aliphatic rings. The summed E-state index contributed by atoms with van der Waals surface area (Å²) in [5, 5.41) is 5.86. The Hall–Kier alpha value is -3.06. The molecule has 1 N–H and O–H groups in total. The second kappa shape index (κ2) is 9.23. The number of thiazole rings is 1. The van der Waals surface area contributed by atoms with Crippen LogP contribution in [0.4, 0.5) is 0 Å². The van der Waals surface area contributed by atoms with Gasteiger partial charge in [0, 0.05) is 23.9 Å². The molecule has 0 saturated carbocycles. The summed E-state index contributed by atoms with van der Waals surface area (Å²) >= 11 is 1.58. The van der Waals surface area contributed by atoms with E-state index in [0.29, 0.717) is 30.0 Å². The highest BCUT2D eigenvalue weighted by Crippen LogP contribution is 2.28. The van der Waals surface area contributed by atoms with E-state index in [2.05, 4.69) is 10.3 Å². The molecule has 0 fully saturated rings. The van der Waals surface area contributed by atoms with Crippen LogP contribution in [0.3, 0.4) is 0 Å². The van der Waals surface area contributed by atoms with Gasteiger partial charge in [-0.2, -0.15) is 0 Å². The molecule has 0 aliphatic heterocycles. The zero-order chi connectivity index (χ0) is 19.9. The third-order valence-corrected chi connectivity index (χ3v) is 5.15. The van der Waals surface area contributed by atoms with E-state index in [0.717, 1.165) is 22.0 Å². The summed E-state index contributed by atoms with van der Waals surface area (Å²) in [6, 6.07) is 13.0. The average molecular weight is 398 g/mol. The Morgan fingerprint density at radius 2 is 1.68 bits per heavy atom. The number of carbonyl (C=O) groups is 1. The van der Waals surface area contributed by atoms with E-state index in [1.165, 1.54) is 14.2 Å². The highest BCUT2D eigenvalue weighted by atomic mass is 32.1. The number of amides is 1. The summed E-state index contributed by atoms with van der Waals surface area (Å²) in [7, 11) is 4.70. The van der Waals surface area contributed by atoms with Crippen molar-refractivity contribution in [3.8, 4) is 27.8 Å². The number of ether oxygens (including phenoxy) is 3. The van der Waals surface area contributed by atoms with Crippen molar-refractivity contribution in [2.75, 3.05) is 27.9 Å². The van der Waals surface area contributed by atoms with Crippen molar-refractivity contribution in [3.63, 3.8) is 0 Å². The van der Waals surface area contributed by atoms with Crippen LogP contribution < -0.4 is 19.5 Å². The first-order chi connectivity index (χ1) is 13.7. The third-order valence-electron chi connectivity index (χ3n) is 4.21. The standard InChI is InChI=1S/C21H22N2O4S/c1-25-16-9-7-14(8-10-16)21-23-15(13-28-21)11-12-22-20(24)19-17(26-2)5-4-6-18(19)27-3/h4-10,13H,11-12H2,1-3H3,(H,22,24). The molecule has 1 heterocycles. The van der Waals surface area contributed by atoms with E-state index in [1.54, 1.807) is 36.6 Å². The van der Waals surface area contributed by atoms with Crippen LogP contribution in [-0.2, 0) is 6.42 Å². The molecule has 0 unspecified atom stereocenters. The number of hydrogen-bond acceptors (Lipinski definition) is 6. The van der Waals surface area contributed by atoms with Gasteiger partial charge in [-0.05, 0) is 36.4 Å². The second-order valence-corrected chi connectivity index (χ2v) is 6.77. The van der Waals surface area contributed by atoms with Gasteiger partial charge in [0.1, 0.15) is 27.8 Å². The monoisotopic (exact) mass is 398 g/mol. The van der Waals surface area contributed by atoms with Crippen LogP contribution in [0.5, 0.6) is 17.2 Å². The Bertz CT molecular complexity index is 916. The lowest BCUT2D eigenvalue weighted by Gasteiger charge is -2.12. The van der Waals surface area contributed by atoms with Crippen LogP contribution in [-0.4, -0.2) is 38.8 Å². The number of nitrogens with one attached hydrogen (secondary N) is 1. The molecule has 6 nitrogen and oxygen atoms in total. The molecular weight excluding hydrogens is 376 g/mol. The molecule has 0 spiro atoms. The molecule has 7 heteroatoms. The predicted octanol–water partition coefficient (Wildman–Crippen LogP) is 3.81. The van der Waals surface area contributed by atoms with Crippen LogP contribution in [0.1, 0.15) is 16.1 Å². The zero-order valence-corrected chi connectivity index (χ0v) is 16.8. The zero-order valence-electron chi connectivity index (χ0n) is 16.0. The van der Waals surface area contributed by atoms with Crippen LogP contribution in [0, 0.1) is 0 Å². The highest BCUT2D eigenvalue weighted by molar-refractivity contribution is 7.13. The van der Waals surface area contributed by atoms with Gasteiger partial charge in [-0.3, -0.25) is 4.79 Å². The van der Waals surface area contributed by atoms with Gasteiger partial charge in [-0.15, -0.1) is 11.3 Å². The van der Waals surface area contributed by atoms with Gasteiger partial charge in [-0.25, -0.2) is 4.98 Å². The largest absolute Gasteiger partial charge is 0.497 e. The average Bonchev–Trinajstić information content (AvgIpc) is 3.21. The Morgan fingerprint density at radius 1 is 1.00 bits per heavy atom. The SMILES string of the molecule is COc1ccc(-c2nc(CCNC(=O)c3c(OC)cccc3OC)cs2)cc1. The minimum absolute atomic E-state index is 0.236. The van der Waals surface area contributed by atoms with Crippen molar-refractivity contribution in [3.05, 3.63) is 59.1 Å². The van der Waals surface area contributed by atoms with Crippen LogP contribution in [0.2, 0.25) is 0 Å². The third kappa shape index (κ3) is 4.43. The van der Waals surface area contributed by atoms with E-state index >= 15 is 0 Å². The lowest BCUT2D eigenvalue weighted by Crippen LogP contribution is -2.26. The lowest BCUT2D eigenvalue weighted by atomic mass is 10.1. The van der Waals surface area contributed by atoms with Gasteiger partial charge >= 0.3 is 0 Å². The lowest BCUT2D eigenvalue weighted by molar-refractivity contribution is 0.0948. The minimum Gasteiger partial charge on any atom is -0.497 e. The van der Waals surface area contributed by atoms with Crippen LogP contribution in [0.25, 0.3) is 10.6 Å². The summed E-state index contributed by atoms with van der Waals surface area (Å²) in [4.78, 5) is 17.2. The number of rotatable bonds is 8. The predicted molar refractivity (Wildman–Crippen MR) is 110 cm³/mol. The fraction of sp³-hybridized carbons (Fsp3) is 0.238. The molecule has 1 aromatic heterocycles. The molecule has 0 atom stereocenters. The summed E-state index contributed by atoms with van der Waals surface area (Å²) in [6.07, 6.45) is 0.635. The molecule has 3 aromatic rings. The van der Waals surface area contributed by atoms with Gasteiger partial charge < -0.3 is 19.5 Å². The van der Waals surface area contributed by atoms with E-state index in [9.17, 15) is 4.79 Å². The molecule has 1 amide bonds. The molecular formula is C21H22N2O4S. The van der Waals surface area contributed by atoms with Crippen molar-refractivity contribution in [2.45, 2.75) is 6.42 Å². The van der Waals surface area contributed by atoms with Gasteiger partial charge in [0.25, 0.3) is 5.91 Å². The first-order valence-electron chi connectivity index (χ1n) is 8.74. The summed E-state index contributed by atoms with van der Waals surface area (Å²) in [5.41, 5.74) is 2.37. The smallest absolute Gasteiger partial charge is 0.258 e. The molecule has 0 aliphatic carbocycles. The number of carbonyl (C=O) groups excluding carboxylic acids is 1. The van der Waals surface area contributed by atoms with Gasteiger partial charge in [0.05, 0.1) is 27.0 Å². The van der Waals surface area contributed by atoms with Crippen molar-refractivity contribution >= 4 is 17.2 Å². The maximum atomic E-state index is 12.6. The first-order valence-corrected chi connectivity index (χ1v) is 9.62. The maximum Gasteiger partial charge on any atom is 0.258 e. The molecule has 0 bridgehead atoms.